The van der Waals surface area contributed by atoms with Crippen LogP contribution >= 0.6 is 21.6 Å². The number of ether oxygens (including phenoxy) is 5. The third-order valence-corrected chi connectivity index (χ3v) is 14.6. The minimum Gasteiger partial charge on any atom is -0.480 e. The lowest BCUT2D eigenvalue weighted by molar-refractivity contribution is -0.141. The Bertz CT molecular complexity index is 3000. The van der Waals surface area contributed by atoms with E-state index in [1.807, 2.05) is 38.1 Å². The van der Waals surface area contributed by atoms with Crippen LogP contribution in [0.1, 0.15) is 86.7 Å². The lowest BCUT2D eigenvalue weighted by Crippen LogP contribution is -2.42. The van der Waals surface area contributed by atoms with Gasteiger partial charge in [-0.25, -0.2) is 34.3 Å². The number of carboxylic acid groups (broad SMARTS) is 2. The van der Waals surface area contributed by atoms with Crippen LogP contribution in [0.25, 0.3) is 21.9 Å². The van der Waals surface area contributed by atoms with Crippen molar-refractivity contribution in [1.29, 1.82) is 0 Å². The molecule has 12 N–H and O–H groups in total. The van der Waals surface area contributed by atoms with Gasteiger partial charge in [-0.05, 0) is 43.2 Å². The summed E-state index contributed by atoms with van der Waals surface area (Å²) >= 11 is 0. The van der Waals surface area contributed by atoms with Gasteiger partial charge in [0.15, 0.2) is 23.8 Å². The van der Waals surface area contributed by atoms with Gasteiger partial charge in [0.05, 0.1) is 69.1 Å². The highest BCUT2D eigenvalue weighted by Gasteiger charge is 2.28. The second-order valence-electron chi connectivity index (χ2n) is 19.4. The Hall–Kier alpha value is -7.57. The molecule has 444 valence electrons. The number of amides is 3. The van der Waals surface area contributed by atoms with E-state index in [4.69, 9.17) is 40.1 Å². The van der Waals surface area contributed by atoms with E-state index in [-0.39, 0.29) is 114 Å². The number of unbranched alkanes of at least 4 members (excludes halogenated alkanes) is 1. The van der Waals surface area contributed by atoms with E-state index in [0.717, 1.165) is 41.5 Å². The summed E-state index contributed by atoms with van der Waals surface area (Å²) in [6.45, 7) is 8.14. The van der Waals surface area contributed by atoms with Crippen LogP contribution in [0.5, 0.6) is 0 Å². The number of rotatable bonds is 36. The number of hydrogen-bond acceptors (Lipinski definition) is 23. The van der Waals surface area contributed by atoms with Crippen LogP contribution < -0.4 is 38.1 Å². The number of aryl methyl sites for hydroxylation is 1. The van der Waals surface area contributed by atoms with Gasteiger partial charge in [-0.15, -0.1) is 0 Å². The Kier molecular flexibility index (Phi) is 25.0. The molecule has 4 heterocycles. The van der Waals surface area contributed by atoms with Crippen LogP contribution in [-0.2, 0) is 62.4 Å². The van der Waals surface area contributed by atoms with Gasteiger partial charge in [0.25, 0.3) is 5.91 Å². The molecule has 0 bridgehead atoms. The molecular formula is C53H71N13O14S2. The van der Waals surface area contributed by atoms with Crippen molar-refractivity contribution in [1.82, 2.24) is 45.8 Å². The van der Waals surface area contributed by atoms with E-state index < -0.39 is 59.5 Å². The molecule has 0 radical (unpaired) electrons. The number of para-hydroxylation sites is 1. The summed E-state index contributed by atoms with van der Waals surface area (Å²) in [5.74, 6) is -2.12. The number of aliphatic carboxylic acids is 2. The first-order valence-corrected chi connectivity index (χ1v) is 29.0. The first kappa shape index (κ1) is 63.6. The number of aliphatic hydroxyl groups is 1. The van der Waals surface area contributed by atoms with Crippen molar-refractivity contribution in [3.63, 3.8) is 0 Å². The molecule has 82 heavy (non-hydrogen) atoms. The predicted molar refractivity (Wildman–Crippen MR) is 307 cm³/mol. The molecule has 0 aliphatic carbocycles. The van der Waals surface area contributed by atoms with Crippen LogP contribution in [0.15, 0.2) is 59.7 Å². The van der Waals surface area contributed by atoms with Gasteiger partial charge < -0.3 is 81.6 Å². The molecule has 0 spiro atoms. The number of aromatic nitrogens is 5. The molecule has 0 fully saturated rings. The zero-order valence-electron chi connectivity index (χ0n) is 45.9. The maximum atomic E-state index is 12.9. The lowest BCUT2D eigenvalue weighted by Gasteiger charge is -2.26. The maximum Gasteiger partial charge on any atom is 0.508 e. The van der Waals surface area contributed by atoms with Gasteiger partial charge in [0, 0.05) is 65.9 Å². The molecule has 1 aliphatic heterocycles. The molecule has 6 rings (SSSR count). The maximum absolute atomic E-state index is 12.9. The third kappa shape index (κ3) is 20.1. The highest BCUT2D eigenvalue weighted by atomic mass is 33.1. The van der Waals surface area contributed by atoms with E-state index in [1.54, 1.807) is 12.1 Å². The number of fused-ring (bicyclic) bond motifs is 4. The fourth-order valence-electron chi connectivity index (χ4n) is 8.06. The number of benzene rings is 2. The minimum absolute atomic E-state index is 0.0283. The van der Waals surface area contributed by atoms with Gasteiger partial charge >= 0.3 is 18.1 Å². The topological polar surface area (TPSA) is 390 Å². The number of carbonyl (C=O) groups is 6. The summed E-state index contributed by atoms with van der Waals surface area (Å²) < 4.78 is 29.3. The van der Waals surface area contributed by atoms with Crippen LogP contribution in [0, 0.1) is 5.41 Å². The summed E-state index contributed by atoms with van der Waals surface area (Å²) in [6.07, 6.45) is 1.84. The number of guanidine groups is 1. The Labute approximate surface area is 480 Å². The molecule has 0 saturated carbocycles. The molecule has 3 aromatic heterocycles. The highest BCUT2D eigenvalue weighted by molar-refractivity contribution is 8.76. The molecule has 29 heteroatoms. The molecule has 2 aromatic carbocycles. The van der Waals surface area contributed by atoms with Crippen molar-refractivity contribution in [2.45, 2.75) is 90.7 Å². The van der Waals surface area contributed by atoms with E-state index in [1.165, 1.54) is 39.9 Å². The van der Waals surface area contributed by atoms with Crippen LogP contribution in [-0.4, -0.2) is 165 Å². The molecule has 3 atom stereocenters. The fraction of sp³-hybridized carbons (Fsp3) is 0.491. The first-order chi connectivity index (χ1) is 39.4. The number of nitrogen functional groups attached to an aromatic ring is 1. The smallest absolute Gasteiger partial charge is 0.480 e. The number of hydrogen-bond donors (Lipinski definition) is 10. The Morgan fingerprint density at radius 3 is 2.28 bits per heavy atom. The van der Waals surface area contributed by atoms with Gasteiger partial charge in [-0.1, -0.05) is 67.0 Å². The number of nitrogens with zero attached hydrogens (tertiary/aromatic N) is 6. The molecule has 1 aliphatic rings. The zero-order valence-corrected chi connectivity index (χ0v) is 47.5. The average molecular weight is 1180 g/mol. The number of nitrogens with two attached hydrogens (primary N) is 2. The Morgan fingerprint density at radius 1 is 0.829 bits per heavy atom. The number of pyridine rings is 1. The van der Waals surface area contributed by atoms with Crippen molar-refractivity contribution in [3.05, 3.63) is 77.5 Å². The van der Waals surface area contributed by atoms with Gasteiger partial charge in [-0.3, -0.25) is 14.4 Å². The second-order valence-corrected chi connectivity index (χ2v) is 22.1. The highest BCUT2D eigenvalue weighted by Crippen LogP contribution is 2.32. The predicted octanol–water partition coefficient (Wildman–Crippen LogP) is 3.80. The average Bonchev–Trinajstić information content (AvgIpc) is 4.04. The van der Waals surface area contributed by atoms with Crippen molar-refractivity contribution in [2.24, 2.45) is 16.1 Å². The number of carbonyl (C=O) groups excluding carboxylic acids is 4. The van der Waals surface area contributed by atoms with Crippen molar-refractivity contribution in [3.8, 4) is 0 Å². The summed E-state index contributed by atoms with van der Waals surface area (Å²) in [6, 6.07) is 11.6. The van der Waals surface area contributed by atoms with E-state index in [9.17, 15) is 44.1 Å². The fourth-order valence-corrected chi connectivity index (χ4v) is 10.0. The van der Waals surface area contributed by atoms with E-state index in [0.29, 0.717) is 35.0 Å². The first-order valence-electron chi connectivity index (χ1n) is 26.5. The molecule has 27 nitrogen and oxygen atoms in total. The van der Waals surface area contributed by atoms with Crippen LogP contribution in [0.4, 0.5) is 22.1 Å². The Morgan fingerprint density at radius 2 is 1.55 bits per heavy atom. The molecule has 3 amide bonds. The molecule has 1 unspecified atom stereocenters. The third-order valence-electron chi connectivity index (χ3n) is 12.2. The van der Waals surface area contributed by atoms with Gasteiger partial charge in [-0.2, -0.15) is 4.99 Å². The normalized spacial score (nSPS) is 13.8. The van der Waals surface area contributed by atoms with Crippen molar-refractivity contribution >= 4 is 103 Å². The van der Waals surface area contributed by atoms with Crippen molar-refractivity contribution < 1.29 is 67.8 Å². The number of imidazole rings is 1. The monoisotopic (exact) mass is 1180 g/mol. The zero-order chi connectivity index (χ0) is 59.0. The summed E-state index contributed by atoms with van der Waals surface area (Å²) in [5, 5.41) is 43.7. The number of aliphatic imine (C=N–C) groups is 1. The second kappa shape index (κ2) is 32.2. The van der Waals surface area contributed by atoms with E-state index in [2.05, 4.69) is 58.0 Å². The largest absolute Gasteiger partial charge is 0.508 e. The number of anilines is 2. The van der Waals surface area contributed by atoms with Crippen LogP contribution in [0.2, 0.25) is 0 Å². The summed E-state index contributed by atoms with van der Waals surface area (Å²) in [5.41, 5.74) is 15.4. The molecule has 5 aromatic rings. The van der Waals surface area contributed by atoms with Gasteiger partial charge in [0.2, 0.25) is 11.8 Å². The SMILES string of the molecule is CCCCc1nc2c(N)nc3ccccc3c2n1CC(C)(C)COC(=O)OCCSSC[C@H](NC(=O)CCOCCOCCOCCNC(=O)CC[C@H](NC(=O)c1ccc(NCc2cnc3c(n2)C(O)NC(N)=N3)cc1)C(=O)O)C(=O)O. The number of aliphatic hydroxyl groups excluding tert-OH is 1. The van der Waals surface area contributed by atoms with Gasteiger partial charge in [0.1, 0.15) is 42.3 Å². The van der Waals surface area contributed by atoms with E-state index >= 15 is 0 Å². The standard InChI is InChI=1S/C53H71N13O14S2/c1-4-5-10-39-63-42-44(35-8-6-7-9-36(35)61-45(42)54)66(39)30-53(2,3)31-80-52(75)79-25-26-81-82-29-38(50(73)74)60-41(68)17-19-76-21-23-78-24-22-77-20-18-56-40(67)16-15-37(49(71)72)62-47(69)32-11-13-33(14-12-32)57-27-34-28-58-46-43(59-34)48(70)65-51(55)64-46/h6-9,11-14,28,37-38,48,57,70H,4-5,10,15-27,29-31H2,1-3H3,(H2,54,61)(H,56,67)(H,60,68)(H,62,69)(H,71,72)(H,73,74)(H3,55,58,64,65)/t37-,38-,48?/m0/s1. The summed E-state index contributed by atoms with van der Waals surface area (Å²) in [4.78, 5) is 96.0. The number of nitrogens with one attached hydrogen (secondary N) is 5. The molecular weight excluding hydrogens is 1110 g/mol. The lowest BCUT2D eigenvalue weighted by atomic mass is 9.94. The summed E-state index contributed by atoms with van der Waals surface area (Å²) in [7, 11) is 2.51. The quantitative estimate of drug-likeness (QED) is 0.0155. The Balaban J connectivity index is 0.743. The molecule has 0 saturated heterocycles. The van der Waals surface area contributed by atoms with Crippen molar-refractivity contribution in [2.75, 3.05) is 82.0 Å². The van der Waals surface area contributed by atoms with Crippen LogP contribution in [0.3, 0.4) is 0 Å². The number of carboxylic acids is 2. The minimum atomic E-state index is -1.32.